The third-order valence-electron chi connectivity index (χ3n) is 5.57. The van der Waals surface area contributed by atoms with Crippen LogP contribution in [0.25, 0.3) is 10.9 Å². The molecule has 2 aromatic carbocycles. The fraction of sp³-hybridized carbons (Fsp3) is 0.304. The zero-order chi connectivity index (χ0) is 19.5. The average Bonchev–Trinajstić information content (AvgIpc) is 3.02. The van der Waals surface area contributed by atoms with Gasteiger partial charge in [0.1, 0.15) is 5.75 Å². The van der Waals surface area contributed by atoms with E-state index in [0.29, 0.717) is 18.7 Å². The summed E-state index contributed by atoms with van der Waals surface area (Å²) in [5, 5.41) is 0.794. The number of H-pyrrole nitrogens is 1. The maximum Gasteiger partial charge on any atom is 0.295 e. The van der Waals surface area contributed by atoms with Crippen molar-refractivity contribution < 1.29 is 14.3 Å². The van der Waals surface area contributed by atoms with Crippen molar-refractivity contribution in [1.29, 1.82) is 0 Å². The van der Waals surface area contributed by atoms with Crippen LogP contribution in [0, 0.1) is 0 Å². The van der Waals surface area contributed by atoms with E-state index in [1.165, 1.54) is 5.56 Å². The molecule has 1 atom stereocenters. The normalized spacial score (nSPS) is 17.3. The predicted octanol–water partition coefficient (Wildman–Crippen LogP) is 4.16. The Kier molecular flexibility index (Phi) is 5.15. The first-order chi connectivity index (χ1) is 13.7. The second-order valence-corrected chi connectivity index (χ2v) is 7.29. The number of hydrogen-bond acceptors (Lipinski definition) is 3. The van der Waals surface area contributed by atoms with E-state index in [9.17, 15) is 9.59 Å². The van der Waals surface area contributed by atoms with Crippen molar-refractivity contribution in [2.75, 3.05) is 20.2 Å². The van der Waals surface area contributed by atoms with E-state index >= 15 is 0 Å². The number of carbonyl (C=O) groups is 2. The van der Waals surface area contributed by atoms with E-state index in [4.69, 9.17) is 4.74 Å². The van der Waals surface area contributed by atoms with Gasteiger partial charge in [0, 0.05) is 36.1 Å². The van der Waals surface area contributed by atoms with E-state index in [0.717, 1.165) is 35.9 Å². The van der Waals surface area contributed by atoms with E-state index in [1.54, 1.807) is 18.2 Å². The fourth-order valence-corrected chi connectivity index (χ4v) is 3.99. The highest BCUT2D eigenvalue weighted by atomic mass is 16.5. The van der Waals surface area contributed by atoms with E-state index in [-0.39, 0.29) is 5.92 Å². The number of rotatable bonds is 4. The molecule has 1 fully saturated rings. The standard InChI is InChI=1S/C23H24N2O3/c1-28-18-11-9-16(10-12-18)17-6-4-5-13-25(15-17)23(27)22(26)20-14-24-21-8-3-2-7-19(20)21/h2-3,7-12,14,17,24H,4-6,13,15H2,1H3. The molecule has 5 heteroatoms. The third kappa shape index (κ3) is 3.52. The summed E-state index contributed by atoms with van der Waals surface area (Å²) in [4.78, 5) is 30.8. The molecule has 5 nitrogen and oxygen atoms in total. The largest absolute Gasteiger partial charge is 0.497 e. The van der Waals surface area contributed by atoms with Crippen LogP contribution >= 0.6 is 0 Å². The number of aromatic nitrogens is 1. The van der Waals surface area contributed by atoms with Gasteiger partial charge in [-0.3, -0.25) is 9.59 Å². The van der Waals surface area contributed by atoms with Crippen LogP contribution in [0.15, 0.2) is 54.7 Å². The number of aromatic amines is 1. The summed E-state index contributed by atoms with van der Waals surface area (Å²) in [6, 6.07) is 15.6. The first-order valence-electron chi connectivity index (χ1n) is 9.71. The van der Waals surface area contributed by atoms with Crippen LogP contribution in [0.4, 0.5) is 0 Å². The van der Waals surface area contributed by atoms with Crippen LogP contribution in [0.1, 0.15) is 41.1 Å². The number of nitrogens with zero attached hydrogens (tertiary/aromatic N) is 1. The Morgan fingerprint density at radius 1 is 1.07 bits per heavy atom. The number of para-hydroxylation sites is 1. The van der Waals surface area contributed by atoms with Gasteiger partial charge < -0.3 is 14.6 Å². The Balaban J connectivity index is 1.54. The number of nitrogens with one attached hydrogen (secondary N) is 1. The minimum absolute atomic E-state index is 0.230. The molecule has 1 amide bonds. The summed E-state index contributed by atoms with van der Waals surface area (Å²) in [7, 11) is 1.65. The lowest BCUT2D eigenvalue weighted by atomic mass is 9.94. The van der Waals surface area contributed by atoms with Crippen LogP contribution < -0.4 is 4.74 Å². The van der Waals surface area contributed by atoms with Crippen LogP contribution in [0.3, 0.4) is 0 Å². The predicted molar refractivity (Wildman–Crippen MR) is 109 cm³/mol. The Labute approximate surface area is 164 Å². The average molecular weight is 376 g/mol. The summed E-state index contributed by atoms with van der Waals surface area (Å²) in [6.45, 7) is 1.19. The number of hydrogen-bond donors (Lipinski definition) is 1. The molecule has 1 aliphatic rings. The topological polar surface area (TPSA) is 62.4 Å². The molecule has 0 radical (unpaired) electrons. The lowest BCUT2D eigenvalue weighted by molar-refractivity contribution is -0.126. The molecule has 144 valence electrons. The number of carbonyl (C=O) groups excluding carboxylic acids is 2. The number of Topliss-reactive ketones (excluding diaryl/α,β-unsaturated/α-hetero) is 1. The molecule has 1 aromatic heterocycles. The monoisotopic (exact) mass is 376 g/mol. The molecule has 1 saturated heterocycles. The minimum atomic E-state index is -0.437. The number of benzene rings is 2. The van der Waals surface area contributed by atoms with Gasteiger partial charge in [0.05, 0.1) is 12.7 Å². The first kappa shape index (κ1) is 18.3. The Morgan fingerprint density at radius 2 is 1.86 bits per heavy atom. The van der Waals surface area contributed by atoms with Crippen LogP contribution in [0.5, 0.6) is 5.75 Å². The molecule has 0 aliphatic carbocycles. The molecule has 0 spiro atoms. The van der Waals surface area contributed by atoms with Crippen LogP contribution in [-0.2, 0) is 4.79 Å². The molecule has 0 bridgehead atoms. The summed E-state index contributed by atoms with van der Waals surface area (Å²) in [5.41, 5.74) is 2.50. The molecule has 1 aliphatic heterocycles. The summed E-state index contributed by atoms with van der Waals surface area (Å²) >= 11 is 0. The van der Waals surface area contributed by atoms with Gasteiger partial charge >= 0.3 is 0 Å². The van der Waals surface area contributed by atoms with E-state index in [2.05, 4.69) is 17.1 Å². The molecule has 1 unspecified atom stereocenters. The summed E-state index contributed by atoms with van der Waals surface area (Å²) in [5.74, 6) is 0.200. The quantitative estimate of drug-likeness (QED) is 0.549. The van der Waals surface area contributed by atoms with Gasteiger partial charge in [0.15, 0.2) is 0 Å². The molecule has 3 aromatic rings. The maximum atomic E-state index is 13.0. The van der Waals surface area contributed by atoms with Crippen molar-refractivity contribution in [3.8, 4) is 5.75 Å². The second-order valence-electron chi connectivity index (χ2n) is 7.29. The van der Waals surface area contributed by atoms with Crippen molar-refractivity contribution in [2.45, 2.75) is 25.2 Å². The molecule has 1 N–H and O–H groups in total. The number of fused-ring (bicyclic) bond motifs is 1. The van der Waals surface area contributed by atoms with Crippen LogP contribution in [0.2, 0.25) is 0 Å². The lowest BCUT2D eigenvalue weighted by Crippen LogP contribution is -2.38. The molecule has 28 heavy (non-hydrogen) atoms. The minimum Gasteiger partial charge on any atom is -0.497 e. The number of amides is 1. The molecular formula is C23H24N2O3. The number of ether oxygens (including phenoxy) is 1. The van der Waals surface area contributed by atoms with Gasteiger partial charge in [-0.1, -0.05) is 36.8 Å². The lowest BCUT2D eigenvalue weighted by Gasteiger charge is -2.24. The Bertz CT molecular complexity index is 991. The van der Waals surface area contributed by atoms with Crippen molar-refractivity contribution >= 4 is 22.6 Å². The number of methoxy groups -OCH3 is 1. The van der Waals surface area contributed by atoms with Crippen molar-refractivity contribution in [3.63, 3.8) is 0 Å². The zero-order valence-electron chi connectivity index (χ0n) is 16.0. The Morgan fingerprint density at radius 3 is 2.64 bits per heavy atom. The van der Waals surface area contributed by atoms with E-state index < -0.39 is 11.7 Å². The van der Waals surface area contributed by atoms with Gasteiger partial charge in [0.25, 0.3) is 11.7 Å². The third-order valence-corrected chi connectivity index (χ3v) is 5.57. The molecule has 4 rings (SSSR count). The van der Waals surface area contributed by atoms with Crippen molar-refractivity contribution in [1.82, 2.24) is 9.88 Å². The van der Waals surface area contributed by atoms with Gasteiger partial charge in [-0.2, -0.15) is 0 Å². The second kappa shape index (κ2) is 7.89. The van der Waals surface area contributed by atoms with Gasteiger partial charge in [-0.05, 0) is 36.6 Å². The summed E-state index contributed by atoms with van der Waals surface area (Å²) in [6.07, 6.45) is 4.61. The highest BCUT2D eigenvalue weighted by Crippen LogP contribution is 2.28. The molecular weight excluding hydrogens is 352 g/mol. The van der Waals surface area contributed by atoms with Gasteiger partial charge in [-0.15, -0.1) is 0 Å². The van der Waals surface area contributed by atoms with Gasteiger partial charge in [-0.25, -0.2) is 0 Å². The van der Waals surface area contributed by atoms with Crippen LogP contribution in [-0.4, -0.2) is 41.8 Å². The highest BCUT2D eigenvalue weighted by Gasteiger charge is 2.29. The highest BCUT2D eigenvalue weighted by molar-refractivity contribution is 6.44. The number of ketones is 1. The van der Waals surface area contributed by atoms with E-state index in [1.807, 2.05) is 36.4 Å². The SMILES string of the molecule is COc1ccc(C2CCCCN(C(=O)C(=O)c3c[nH]c4ccccc34)C2)cc1. The number of likely N-dealkylation sites (tertiary alicyclic amines) is 1. The Hall–Kier alpha value is -3.08. The molecule has 2 heterocycles. The first-order valence-corrected chi connectivity index (χ1v) is 9.71. The summed E-state index contributed by atoms with van der Waals surface area (Å²) < 4.78 is 5.24. The zero-order valence-corrected chi connectivity index (χ0v) is 16.0. The molecule has 0 saturated carbocycles. The smallest absolute Gasteiger partial charge is 0.295 e. The van der Waals surface area contributed by atoms with Gasteiger partial charge in [0.2, 0.25) is 0 Å². The van der Waals surface area contributed by atoms with Crippen molar-refractivity contribution in [3.05, 3.63) is 65.9 Å². The van der Waals surface area contributed by atoms with Crippen molar-refractivity contribution in [2.24, 2.45) is 0 Å². The maximum absolute atomic E-state index is 13.0. The fourth-order valence-electron chi connectivity index (χ4n) is 3.99.